The topological polar surface area (TPSA) is 65.5 Å². The maximum Gasteiger partial charge on any atom is 0.276 e. The van der Waals surface area contributed by atoms with Crippen LogP contribution in [-0.4, -0.2) is 34.1 Å². The summed E-state index contributed by atoms with van der Waals surface area (Å²) in [7, 11) is 0. The molecule has 4 fully saturated rings. The van der Waals surface area contributed by atoms with Crippen LogP contribution in [0.25, 0.3) is 0 Å². The number of rotatable bonds is 3. The lowest BCUT2D eigenvalue weighted by molar-refractivity contribution is -0.486. The third-order valence-electron chi connectivity index (χ3n) is 8.95. The molecule has 4 aliphatic carbocycles. The van der Waals surface area contributed by atoms with Crippen LogP contribution in [0.15, 0.2) is 12.3 Å². The van der Waals surface area contributed by atoms with E-state index in [1.54, 1.807) is 11.7 Å². The molecule has 1 aromatic heterocycles. The van der Waals surface area contributed by atoms with Crippen molar-refractivity contribution in [3.05, 3.63) is 29.1 Å². The van der Waals surface area contributed by atoms with Crippen LogP contribution in [0, 0.1) is 46.8 Å². The highest BCUT2D eigenvalue weighted by Crippen LogP contribution is 2.93. The van der Waals surface area contributed by atoms with Gasteiger partial charge in [-0.15, -0.1) is 0 Å². The van der Waals surface area contributed by atoms with Gasteiger partial charge >= 0.3 is 0 Å². The van der Waals surface area contributed by atoms with E-state index in [4.69, 9.17) is 5.21 Å². The number of pyridine rings is 1. The standard InChI is InChI=1S/C20H25N3O2.C2H6/c1-9-14-15-10(2)20(17(9)16(14)18(15)20)8-23-4-3-13-12(7-23)5-11(6-21-13)19(24)22-25;1-2/h5-6,9-10,14-18,25H,3-4,7-8H2,1-2H3,(H,22,24);1-2H3. The van der Waals surface area contributed by atoms with E-state index in [-0.39, 0.29) is 0 Å². The highest BCUT2D eigenvalue weighted by Gasteiger charge is 2.91. The summed E-state index contributed by atoms with van der Waals surface area (Å²) in [6.07, 6.45) is 2.53. The molecule has 1 aromatic rings. The van der Waals surface area contributed by atoms with Crippen LogP contribution >= 0.6 is 0 Å². The quantitative estimate of drug-likeness (QED) is 0.635. The van der Waals surface area contributed by atoms with Crippen molar-refractivity contribution in [2.45, 2.75) is 40.7 Å². The van der Waals surface area contributed by atoms with Crippen molar-refractivity contribution in [2.75, 3.05) is 13.1 Å². The molecule has 8 unspecified atom stereocenters. The molecular weight excluding hydrogens is 338 g/mol. The fourth-order valence-corrected chi connectivity index (χ4v) is 8.16. The van der Waals surface area contributed by atoms with Crippen molar-refractivity contribution in [3.63, 3.8) is 0 Å². The van der Waals surface area contributed by atoms with Crippen LogP contribution in [0.3, 0.4) is 0 Å². The number of aromatic nitrogens is 1. The van der Waals surface area contributed by atoms with Gasteiger partial charge in [-0.1, -0.05) is 27.7 Å². The molecule has 0 spiro atoms. The maximum atomic E-state index is 11.7. The number of carbonyl (C=O) groups excluding carboxylic acids is 1. The summed E-state index contributed by atoms with van der Waals surface area (Å²) in [6, 6.07) is 1.90. The largest absolute Gasteiger partial charge is 0.298 e. The molecule has 6 rings (SSSR count). The summed E-state index contributed by atoms with van der Waals surface area (Å²) in [5.74, 6) is 6.56. The second-order valence-corrected chi connectivity index (χ2v) is 9.28. The first-order valence-corrected chi connectivity index (χ1v) is 10.7. The summed E-state index contributed by atoms with van der Waals surface area (Å²) < 4.78 is 0. The Balaban J connectivity index is 0.000000777. The molecule has 146 valence electrons. The number of hydrogen-bond donors (Lipinski definition) is 2. The van der Waals surface area contributed by atoms with Gasteiger partial charge in [-0.05, 0) is 58.5 Å². The zero-order chi connectivity index (χ0) is 19.1. The molecule has 0 aromatic carbocycles. The smallest absolute Gasteiger partial charge is 0.276 e. The molecule has 0 radical (unpaired) electrons. The van der Waals surface area contributed by atoms with E-state index < -0.39 is 5.91 Å². The van der Waals surface area contributed by atoms with Crippen molar-refractivity contribution in [1.29, 1.82) is 0 Å². The van der Waals surface area contributed by atoms with Crippen LogP contribution < -0.4 is 5.48 Å². The lowest BCUT2D eigenvalue weighted by Gasteiger charge is -2.95. The van der Waals surface area contributed by atoms with E-state index >= 15 is 0 Å². The molecule has 5 nitrogen and oxygen atoms in total. The van der Waals surface area contributed by atoms with Crippen LogP contribution in [0.5, 0.6) is 0 Å². The van der Waals surface area contributed by atoms with E-state index in [2.05, 4.69) is 23.7 Å². The van der Waals surface area contributed by atoms with Crippen molar-refractivity contribution in [3.8, 4) is 0 Å². The minimum Gasteiger partial charge on any atom is -0.298 e. The second-order valence-electron chi connectivity index (χ2n) is 9.28. The SMILES string of the molecule is CC.CC1C2C3C(C)C4(CN5CCc6ncc(C(=O)NO)cc6C5)C1C2C34. The molecule has 1 aliphatic heterocycles. The average molecular weight is 370 g/mol. The number of hydrogen-bond acceptors (Lipinski definition) is 4. The van der Waals surface area contributed by atoms with Crippen molar-refractivity contribution >= 4 is 5.91 Å². The van der Waals surface area contributed by atoms with Gasteiger partial charge < -0.3 is 0 Å². The maximum absolute atomic E-state index is 11.7. The fourth-order valence-electron chi connectivity index (χ4n) is 8.16. The third kappa shape index (κ3) is 1.88. The van der Waals surface area contributed by atoms with Gasteiger partial charge in [0, 0.05) is 37.9 Å². The lowest BCUT2D eigenvalue weighted by Crippen LogP contribution is -2.93. The molecule has 27 heavy (non-hydrogen) atoms. The van der Waals surface area contributed by atoms with Crippen LogP contribution in [0.4, 0.5) is 0 Å². The van der Waals surface area contributed by atoms with Crippen LogP contribution in [0.2, 0.25) is 0 Å². The van der Waals surface area contributed by atoms with Gasteiger partial charge in [0.1, 0.15) is 0 Å². The monoisotopic (exact) mass is 369 g/mol. The Kier molecular flexibility index (Phi) is 3.77. The van der Waals surface area contributed by atoms with Gasteiger partial charge in [-0.3, -0.25) is 19.9 Å². The Bertz CT molecular complexity index is 782. The summed E-state index contributed by atoms with van der Waals surface area (Å²) in [5, 5.41) is 8.85. The number of fused-ring (bicyclic) bond motifs is 3. The highest BCUT2D eigenvalue weighted by molar-refractivity contribution is 5.93. The molecule has 1 amide bonds. The Morgan fingerprint density at radius 2 is 2.07 bits per heavy atom. The number of carbonyl (C=O) groups is 1. The molecule has 4 saturated carbocycles. The van der Waals surface area contributed by atoms with Gasteiger partial charge in [0.25, 0.3) is 5.91 Å². The summed E-state index contributed by atoms with van der Waals surface area (Å²) in [5.41, 5.74) is 5.00. The minimum atomic E-state index is -0.480. The third-order valence-corrected chi connectivity index (χ3v) is 8.95. The lowest BCUT2D eigenvalue weighted by atomic mass is 9.09. The van der Waals surface area contributed by atoms with Gasteiger partial charge in [-0.2, -0.15) is 0 Å². The normalized spacial score (nSPS) is 44.7. The average Bonchev–Trinajstić information content (AvgIpc) is 2.69. The predicted octanol–water partition coefficient (Wildman–Crippen LogP) is 2.98. The minimum absolute atomic E-state index is 0.441. The summed E-state index contributed by atoms with van der Waals surface area (Å²) >= 11 is 0. The second kappa shape index (κ2) is 5.77. The molecular formula is C22H31N3O2. The van der Waals surface area contributed by atoms with E-state index in [0.717, 1.165) is 72.2 Å². The fraction of sp³-hybridized carbons (Fsp3) is 0.727. The molecule has 8 atom stereocenters. The Morgan fingerprint density at radius 3 is 2.74 bits per heavy atom. The van der Waals surface area contributed by atoms with E-state index in [1.807, 2.05) is 19.9 Å². The molecule has 2 heterocycles. The first-order chi connectivity index (χ1) is 13.1. The molecule has 5 aliphatic rings. The Morgan fingerprint density at radius 1 is 1.30 bits per heavy atom. The Labute approximate surface area is 161 Å². The van der Waals surface area contributed by atoms with Crippen molar-refractivity contribution < 1.29 is 10.0 Å². The van der Waals surface area contributed by atoms with Crippen LogP contribution in [0.1, 0.15) is 49.3 Å². The highest BCUT2D eigenvalue weighted by atomic mass is 16.5. The zero-order valence-electron chi connectivity index (χ0n) is 16.8. The van der Waals surface area contributed by atoms with Crippen molar-refractivity contribution in [2.24, 2.45) is 46.8 Å². The molecule has 5 heteroatoms. The Hall–Kier alpha value is -1.46. The molecule has 2 N–H and O–H groups in total. The van der Waals surface area contributed by atoms with Gasteiger partial charge in [0.05, 0.1) is 5.56 Å². The predicted molar refractivity (Wildman–Crippen MR) is 102 cm³/mol. The van der Waals surface area contributed by atoms with Crippen LogP contribution in [-0.2, 0) is 13.0 Å². The van der Waals surface area contributed by atoms with Gasteiger partial charge in [0.15, 0.2) is 0 Å². The summed E-state index contributed by atoms with van der Waals surface area (Å²) in [4.78, 5) is 18.7. The molecule has 0 bridgehead atoms. The number of nitrogens with zero attached hydrogens (tertiary/aromatic N) is 2. The first kappa shape index (κ1) is 17.6. The first-order valence-electron chi connectivity index (χ1n) is 10.7. The van der Waals surface area contributed by atoms with Gasteiger partial charge in [0.2, 0.25) is 0 Å². The number of amides is 1. The number of hydroxylamine groups is 1. The summed E-state index contributed by atoms with van der Waals surface area (Å²) in [6.45, 7) is 12.2. The molecule has 0 saturated heterocycles. The van der Waals surface area contributed by atoms with E-state index in [1.165, 1.54) is 6.54 Å². The van der Waals surface area contributed by atoms with Crippen molar-refractivity contribution in [1.82, 2.24) is 15.4 Å². The van der Waals surface area contributed by atoms with Gasteiger partial charge in [-0.25, -0.2) is 5.48 Å². The zero-order valence-corrected chi connectivity index (χ0v) is 16.8. The van der Waals surface area contributed by atoms with E-state index in [0.29, 0.717) is 11.0 Å². The number of nitrogens with one attached hydrogen (secondary N) is 1. The van der Waals surface area contributed by atoms with E-state index in [9.17, 15) is 4.79 Å².